The summed E-state index contributed by atoms with van der Waals surface area (Å²) in [6.07, 6.45) is 3.64. The molecule has 1 heterocycles. The quantitative estimate of drug-likeness (QED) is 0.879. The Labute approximate surface area is 126 Å². The number of benzene rings is 1. The van der Waals surface area contributed by atoms with E-state index in [4.69, 9.17) is 4.42 Å². The molecular weight excluding hydrogens is 262 g/mol. The Morgan fingerprint density at radius 1 is 1.29 bits per heavy atom. The fraction of sp³-hybridized carbons (Fsp3) is 0.556. The Morgan fingerprint density at radius 3 is 2.81 bits per heavy atom. The topological polar surface area (TPSA) is 45.4 Å². The first-order valence-corrected chi connectivity index (χ1v) is 8.03. The SMILES string of the molecule is Cc1c(C(C)NCC2CCCC2CO)oc2ccccc12. The summed E-state index contributed by atoms with van der Waals surface area (Å²) in [5.74, 6) is 2.11. The lowest BCUT2D eigenvalue weighted by Crippen LogP contribution is -2.29. The summed E-state index contributed by atoms with van der Waals surface area (Å²) in [5.41, 5.74) is 2.20. The van der Waals surface area contributed by atoms with Crippen LogP contribution in [-0.4, -0.2) is 18.3 Å². The monoisotopic (exact) mass is 287 g/mol. The van der Waals surface area contributed by atoms with E-state index in [9.17, 15) is 5.11 Å². The summed E-state index contributed by atoms with van der Waals surface area (Å²) >= 11 is 0. The molecule has 1 aromatic carbocycles. The van der Waals surface area contributed by atoms with Crippen LogP contribution in [0.5, 0.6) is 0 Å². The lowest BCUT2D eigenvalue weighted by atomic mass is 9.96. The highest BCUT2D eigenvalue weighted by Crippen LogP contribution is 2.32. The molecule has 3 nitrogen and oxygen atoms in total. The fourth-order valence-electron chi connectivity index (χ4n) is 3.65. The number of para-hydroxylation sites is 1. The molecule has 0 spiro atoms. The van der Waals surface area contributed by atoms with Gasteiger partial charge < -0.3 is 14.8 Å². The van der Waals surface area contributed by atoms with Crippen molar-refractivity contribution in [3.05, 3.63) is 35.6 Å². The van der Waals surface area contributed by atoms with Crippen LogP contribution in [0.2, 0.25) is 0 Å². The molecule has 1 fully saturated rings. The van der Waals surface area contributed by atoms with Gasteiger partial charge in [0.1, 0.15) is 11.3 Å². The van der Waals surface area contributed by atoms with E-state index in [1.54, 1.807) is 0 Å². The normalized spacial score (nSPS) is 23.8. The minimum atomic E-state index is 0.206. The van der Waals surface area contributed by atoms with Crippen molar-refractivity contribution in [3.63, 3.8) is 0 Å². The van der Waals surface area contributed by atoms with E-state index in [1.807, 2.05) is 12.1 Å². The number of rotatable bonds is 5. The Kier molecular flexibility index (Phi) is 4.32. The molecule has 2 aromatic rings. The number of fused-ring (bicyclic) bond motifs is 1. The highest BCUT2D eigenvalue weighted by molar-refractivity contribution is 5.82. The second-order valence-electron chi connectivity index (χ2n) is 6.35. The van der Waals surface area contributed by atoms with Crippen molar-refractivity contribution < 1.29 is 9.52 Å². The smallest absolute Gasteiger partial charge is 0.134 e. The van der Waals surface area contributed by atoms with Gasteiger partial charge in [0, 0.05) is 12.0 Å². The zero-order chi connectivity index (χ0) is 14.8. The summed E-state index contributed by atoms with van der Waals surface area (Å²) in [5, 5.41) is 14.2. The molecular formula is C18H25NO2. The first-order valence-electron chi connectivity index (χ1n) is 8.03. The van der Waals surface area contributed by atoms with Crippen LogP contribution in [0.1, 0.15) is 43.6 Å². The lowest BCUT2D eigenvalue weighted by molar-refractivity contribution is 0.190. The fourth-order valence-corrected chi connectivity index (χ4v) is 3.65. The molecule has 0 radical (unpaired) electrons. The number of hydrogen-bond donors (Lipinski definition) is 2. The standard InChI is InChI=1S/C18H25NO2/c1-12-16-8-3-4-9-17(16)21-18(12)13(2)19-10-14-6-5-7-15(14)11-20/h3-4,8-9,13-15,19-20H,5-7,10-11H2,1-2H3. The third-order valence-corrected chi connectivity index (χ3v) is 5.01. The number of aliphatic hydroxyl groups is 1. The molecule has 3 unspecified atom stereocenters. The first-order chi connectivity index (χ1) is 10.2. The lowest BCUT2D eigenvalue weighted by Gasteiger charge is -2.20. The van der Waals surface area contributed by atoms with Gasteiger partial charge in [-0.25, -0.2) is 0 Å². The number of hydrogen-bond acceptors (Lipinski definition) is 3. The second kappa shape index (κ2) is 6.20. The Balaban J connectivity index is 1.69. The minimum Gasteiger partial charge on any atom is -0.459 e. The van der Waals surface area contributed by atoms with Crippen molar-refractivity contribution in [3.8, 4) is 0 Å². The van der Waals surface area contributed by atoms with Gasteiger partial charge in [-0.1, -0.05) is 24.6 Å². The van der Waals surface area contributed by atoms with Crippen LogP contribution in [0.25, 0.3) is 11.0 Å². The molecule has 2 N–H and O–H groups in total. The molecule has 114 valence electrons. The first kappa shape index (κ1) is 14.6. The highest BCUT2D eigenvalue weighted by Gasteiger charge is 2.27. The van der Waals surface area contributed by atoms with Crippen molar-refractivity contribution in [2.24, 2.45) is 11.8 Å². The van der Waals surface area contributed by atoms with Crippen LogP contribution in [0.15, 0.2) is 28.7 Å². The van der Waals surface area contributed by atoms with Gasteiger partial charge in [0.2, 0.25) is 0 Å². The maximum absolute atomic E-state index is 9.41. The minimum absolute atomic E-state index is 0.206. The van der Waals surface area contributed by atoms with Crippen molar-refractivity contribution in [1.29, 1.82) is 0 Å². The Morgan fingerprint density at radius 2 is 2.05 bits per heavy atom. The molecule has 0 amide bonds. The molecule has 1 aliphatic rings. The average Bonchev–Trinajstić information content (AvgIpc) is 3.09. The zero-order valence-corrected chi connectivity index (χ0v) is 12.9. The van der Waals surface area contributed by atoms with Crippen LogP contribution >= 0.6 is 0 Å². The zero-order valence-electron chi connectivity index (χ0n) is 12.9. The molecule has 1 aromatic heterocycles. The van der Waals surface area contributed by atoms with Crippen molar-refractivity contribution in [2.45, 2.75) is 39.2 Å². The average molecular weight is 287 g/mol. The van der Waals surface area contributed by atoms with Gasteiger partial charge in [-0.05, 0) is 56.7 Å². The van der Waals surface area contributed by atoms with Gasteiger partial charge in [-0.15, -0.1) is 0 Å². The molecule has 1 aliphatic carbocycles. The summed E-state index contributed by atoms with van der Waals surface area (Å²) in [6.45, 7) is 5.58. The molecule has 3 rings (SSSR count). The van der Waals surface area contributed by atoms with Crippen LogP contribution in [0.3, 0.4) is 0 Å². The molecule has 0 bridgehead atoms. The molecule has 1 saturated carbocycles. The van der Waals surface area contributed by atoms with E-state index in [-0.39, 0.29) is 6.04 Å². The van der Waals surface area contributed by atoms with E-state index in [2.05, 4.69) is 31.3 Å². The van der Waals surface area contributed by atoms with E-state index in [0.29, 0.717) is 18.4 Å². The van der Waals surface area contributed by atoms with Crippen LogP contribution in [0, 0.1) is 18.8 Å². The van der Waals surface area contributed by atoms with Gasteiger partial charge in [0.05, 0.1) is 6.04 Å². The van der Waals surface area contributed by atoms with Crippen molar-refractivity contribution in [2.75, 3.05) is 13.2 Å². The molecule has 3 heteroatoms. The van der Waals surface area contributed by atoms with Crippen LogP contribution < -0.4 is 5.32 Å². The second-order valence-corrected chi connectivity index (χ2v) is 6.35. The molecule has 0 saturated heterocycles. The molecule has 3 atom stereocenters. The summed E-state index contributed by atoms with van der Waals surface area (Å²) in [4.78, 5) is 0. The maximum Gasteiger partial charge on any atom is 0.134 e. The Bertz CT molecular complexity index is 604. The molecule has 21 heavy (non-hydrogen) atoms. The summed E-state index contributed by atoms with van der Waals surface area (Å²) in [7, 11) is 0. The van der Waals surface area contributed by atoms with E-state index in [0.717, 1.165) is 17.9 Å². The number of aryl methyl sites for hydroxylation is 1. The van der Waals surface area contributed by atoms with Crippen LogP contribution in [0.4, 0.5) is 0 Å². The van der Waals surface area contributed by atoms with Crippen molar-refractivity contribution >= 4 is 11.0 Å². The summed E-state index contributed by atoms with van der Waals surface area (Å²) < 4.78 is 6.02. The predicted octanol–water partition coefficient (Wildman–Crippen LogP) is 3.80. The predicted molar refractivity (Wildman–Crippen MR) is 85.3 cm³/mol. The van der Waals surface area contributed by atoms with Crippen molar-refractivity contribution in [1.82, 2.24) is 5.32 Å². The van der Waals surface area contributed by atoms with E-state index < -0.39 is 0 Å². The number of aliphatic hydroxyl groups excluding tert-OH is 1. The van der Waals surface area contributed by atoms with Gasteiger partial charge in [-0.2, -0.15) is 0 Å². The van der Waals surface area contributed by atoms with Crippen LogP contribution in [-0.2, 0) is 0 Å². The third-order valence-electron chi connectivity index (χ3n) is 5.01. The van der Waals surface area contributed by atoms with Gasteiger partial charge in [-0.3, -0.25) is 0 Å². The Hall–Kier alpha value is -1.32. The van der Waals surface area contributed by atoms with Gasteiger partial charge in [0.15, 0.2) is 0 Å². The highest BCUT2D eigenvalue weighted by atomic mass is 16.3. The van der Waals surface area contributed by atoms with Gasteiger partial charge in [0.25, 0.3) is 0 Å². The largest absolute Gasteiger partial charge is 0.459 e. The summed E-state index contributed by atoms with van der Waals surface area (Å²) in [6, 6.07) is 8.41. The number of furan rings is 1. The maximum atomic E-state index is 9.41. The van der Waals surface area contributed by atoms with E-state index in [1.165, 1.54) is 30.2 Å². The van der Waals surface area contributed by atoms with Gasteiger partial charge >= 0.3 is 0 Å². The number of nitrogens with one attached hydrogen (secondary N) is 1. The third kappa shape index (κ3) is 2.85. The molecule has 0 aliphatic heterocycles. The van der Waals surface area contributed by atoms with E-state index >= 15 is 0 Å².